The van der Waals surface area contributed by atoms with E-state index in [1.54, 1.807) is 4.90 Å². The van der Waals surface area contributed by atoms with Gasteiger partial charge in [-0.1, -0.05) is 6.92 Å². The Kier molecular flexibility index (Phi) is 3.17. The van der Waals surface area contributed by atoms with E-state index in [9.17, 15) is 4.79 Å². The number of carbonyl (C=O) groups excluding carboxylic acids is 1. The number of nitrogens with zero attached hydrogens (tertiary/aromatic N) is 4. The maximum Gasteiger partial charge on any atom is 0.231 e. The zero-order valence-corrected chi connectivity index (χ0v) is 11.2. The van der Waals surface area contributed by atoms with Gasteiger partial charge in [0.1, 0.15) is 0 Å². The van der Waals surface area contributed by atoms with Gasteiger partial charge in [-0.05, 0) is 6.42 Å². The number of amides is 1. The topological polar surface area (TPSA) is 61.4 Å². The van der Waals surface area contributed by atoms with E-state index in [1.807, 2.05) is 6.92 Å². The van der Waals surface area contributed by atoms with E-state index in [-0.39, 0.29) is 11.8 Å². The van der Waals surface area contributed by atoms with Gasteiger partial charge in [0.15, 0.2) is 11.6 Å². The summed E-state index contributed by atoms with van der Waals surface area (Å²) >= 11 is 1.19. The van der Waals surface area contributed by atoms with Crippen LogP contribution in [0.3, 0.4) is 0 Å². The van der Waals surface area contributed by atoms with E-state index in [1.165, 1.54) is 11.7 Å². The molecule has 1 amide bonds. The lowest BCUT2D eigenvalue weighted by molar-refractivity contribution is -0.119. The monoisotopic (exact) mass is 267 g/mol. The average molecular weight is 267 g/mol. The predicted octanol–water partition coefficient (Wildman–Crippen LogP) is 0.320. The van der Waals surface area contributed by atoms with E-state index >= 15 is 0 Å². The molecule has 0 aromatic carbocycles. The van der Waals surface area contributed by atoms with Crippen molar-refractivity contribution in [2.75, 3.05) is 42.5 Å². The molecule has 0 spiro atoms. The number of piperazine rings is 1. The highest BCUT2D eigenvalue weighted by molar-refractivity contribution is 6.99. The summed E-state index contributed by atoms with van der Waals surface area (Å²) in [7, 11) is 0. The first-order valence-corrected chi connectivity index (χ1v) is 7.10. The molecular formula is C11H17N5OS. The standard InChI is InChI=1S/C11H17N5OS/c1-8-2-5-16(11(8)17)10-9(13-18-14-10)15-6-3-12-4-7-15/h8,12H,2-7H2,1H3. The summed E-state index contributed by atoms with van der Waals surface area (Å²) in [5.74, 6) is 1.93. The second-order valence-electron chi connectivity index (χ2n) is 4.83. The molecule has 1 unspecified atom stereocenters. The summed E-state index contributed by atoms with van der Waals surface area (Å²) in [6.45, 7) is 6.52. The normalized spacial score (nSPS) is 24.9. The lowest BCUT2D eigenvalue weighted by atomic mass is 10.1. The highest BCUT2D eigenvalue weighted by Gasteiger charge is 2.33. The van der Waals surface area contributed by atoms with Gasteiger partial charge in [-0.3, -0.25) is 9.69 Å². The van der Waals surface area contributed by atoms with E-state index in [2.05, 4.69) is 19.0 Å². The lowest BCUT2D eigenvalue weighted by Gasteiger charge is -2.28. The Labute approximate surface area is 110 Å². The maximum atomic E-state index is 12.1. The third-order valence-electron chi connectivity index (χ3n) is 3.60. The molecule has 3 rings (SSSR count). The molecule has 0 radical (unpaired) electrons. The molecule has 18 heavy (non-hydrogen) atoms. The van der Waals surface area contributed by atoms with Gasteiger partial charge < -0.3 is 10.2 Å². The molecule has 6 nitrogen and oxygen atoms in total. The minimum absolute atomic E-state index is 0.113. The van der Waals surface area contributed by atoms with Crippen molar-refractivity contribution in [3.8, 4) is 0 Å². The fourth-order valence-electron chi connectivity index (χ4n) is 2.46. The first kappa shape index (κ1) is 11.9. The van der Waals surface area contributed by atoms with Gasteiger partial charge in [0.2, 0.25) is 5.91 Å². The minimum Gasteiger partial charge on any atom is -0.350 e. The van der Waals surface area contributed by atoms with Crippen LogP contribution in [-0.4, -0.2) is 47.4 Å². The van der Waals surface area contributed by atoms with Crippen LogP contribution >= 0.6 is 11.7 Å². The van der Waals surface area contributed by atoms with Crippen LogP contribution in [-0.2, 0) is 4.79 Å². The Bertz CT molecular complexity index is 442. The third-order valence-corrected chi connectivity index (χ3v) is 4.11. The van der Waals surface area contributed by atoms with Crippen LogP contribution in [0.4, 0.5) is 11.6 Å². The summed E-state index contributed by atoms with van der Waals surface area (Å²) in [4.78, 5) is 16.1. The number of hydrogen-bond donors (Lipinski definition) is 1. The van der Waals surface area contributed by atoms with E-state index < -0.39 is 0 Å². The second kappa shape index (κ2) is 4.81. The largest absolute Gasteiger partial charge is 0.350 e. The molecule has 1 aromatic heterocycles. The van der Waals surface area contributed by atoms with Crippen molar-refractivity contribution in [3.05, 3.63) is 0 Å². The maximum absolute atomic E-state index is 12.1. The van der Waals surface area contributed by atoms with Gasteiger partial charge in [-0.25, -0.2) is 0 Å². The summed E-state index contributed by atoms with van der Waals surface area (Å²) in [5.41, 5.74) is 0. The fourth-order valence-corrected chi connectivity index (χ4v) is 3.03. The first-order valence-electron chi connectivity index (χ1n) is 6.37. The van der Waals surface area contributed by atoms with E-state index in [0.717, 1.165) is 50.8 Å². The molecule has 2 saturated heterocycles. The first-order chi connectivity index (χ1) is 8.77. The van der Waals surface area contributed by atoms with Gasteiger partial charge in [0.25, 0.3) is 0 Å². The zero-order valence-electron chi connectivity index (χ0n) is 10.4. The molecule has 0 saturated carbocycles. The van der Waals surface area contributed by atoms with Crippen LogP contribution in [0.5, 0.6) is 0 Å². The molecule has 98 valence electrons. The third kappa shape index (κ3) is 1.97. The van der Waals surface area contributed by atoms with Crippen LogP contribution < -0.4 is 15.1 Å². The zero-order chi connectivity index (χ0) is 12.5. The second-order valence-corrected chi connectivity index (χ2v) is 5.36. The summed E-state index contributed by atoms with van der Waals surface area (Å²) in [6, 6.07) is 0. The molecule has 1 aromatic rings. The summed E-state index contributed by atoms with van der Waals surface area (Å²) < 4.78 is 8.71. The summed E-state index contributed by atoms with van der Waals surface area (Å²) in [5, 5.41) is 3.31. The van der Waals surface area contributed by atoms with Crippen LogP contribution in [0.15, 0.2) is 0 Å². The molecule has 1 atom stereocenters. The van der Waals surface area contributed by atoms with Crippen LogP contribution in [0.25, 0.3) is 0 Å². The van der Waals surface area contributed by atoms with Crippen molar-refractivity contribution in [3.63, 3.8) is 0 Å². The fraction of sp³-hybridized carbons (Fsp3) is 0.727. The lowest BCUT2D eigenvalue weighted by Crippen LogP contribution is -2.44. The number of carbonyl (C=O) groups is 1. The Morgan fingerprint density at radius 2 is 1.94 bits per heavy atom. The van der Waals surface area contributed by atoms with E-state index in [4.69, 9.17) is 0 Å². The molecule has 3 heterocycles. The molecule has 2 aliphatic rings. The van der Waals surface area contributed by atoms with Crippen LogP contribution in [0.2, 0.25) is 0 Å². The predicted molar refractivity (Wildman–Crippen MR) is 71.1 cm³/mol. The highest BCUT2D eigenvalue weighted by Crippen LogP contribution is 2.31. The molecule has 0 bridgehead atoms. The van der Waals surface area contributed by atoms with Crippen molar-refractivity contribution >= 4 is 29.3 Å². The summed E-state index contributed by atoms with van der Waals surface area (Å²) in [6.07, 6.45) is 0.914. The Balaban J connectivity index is 1.85. The smallest absolute Gasteiger partial charge is 0.231 e. The molecule has 1 N–H and O–H groups in total. The van der Waals surface area contributed by atoms with Gasteiger partial charge in [-0.2, -0.15) is 8.75 Å². The highest BCUT2D eigenvalue weighted by atomic mass is 32.1. The number of hydrogen-bond acceptors (Lipinski definition) is 6. The van der Waals surface area contributed by atoms with E-state index in [0.29, 0.717) is 0 Å². The quantitative estimate of drug-likeness (QED) is 0.836. The molecule has 2 fully saturated rings. The Hall–Kier alpha value is -1.21. The number of nitrogens with one attached hydrogen (secondary N) is 1. The van der Waals surface area contributed by atoms with Gasteiger partial charge in [0.05, 0.1) is 11.7 Å². The van der Waals surface area contributed by atoms with Gasteiger partial charge in [-0.15, -0.1) is 0 Å². The van der Waals surface area contributed by atoms with Crippen molar-refractivity contribution in [2.24, 2.45) is 5.92 Å². The Morgan fingerprint density at radius 1 is 1.22 bits per heavy atom. The van der Waals surface area contributed by atoms with Crippen molar-refractivity contribution in [1.82, 2.24) is 14.1 Å². The molecular weight excluding hydrogens is 250 g/mol. The SMILES string of the molecule is CC1CCN(c2nsnc2N2CCNCC2)C1=O. The number of rotatable bonds is 2. The molecule has 7 heteroatoms. The van der Waals surface area contributed by atoms with Gasteiger partial charge in [0, 0.05) is 38.6 Å². The molecule has 2 aliphatic heterocycles. The van der Waals surface area contributed by atoms with Crippen LogP contribution in [0, 0.1) is 5.92 Å². The van der Waals surface area contributed by atoms with Crippen molar-refractivity contribution < 1.29 is 4.79 Å². The average Bonchev–Trinajstić information content (AvgIpc) is 2.99. The number of anilines is 2. The van der Waals surface area contributed by atoms with Crippen molar-refractivity contribution in [1.29, 1.82) is 0 Å². The van der Waals surface area contributed by atoms with Gasteiger partial charge >= 0.3 is 0 Å². The minimum atomic E-state index is 0.113. The van der Waals surface area contributed by atoms with Crippen LogP contribution in [0.1, 0.15) is 13.3 Å². The number of aromatic nitrogens is 2. The molecule has 0 aliphatic carbocycles. The Morgan fingerprint density at radius 3 is 2.61 bits per heavy atom. The van der Waals surface area contributed by atoms with Crippen molar-refractivity contribution in [2.45, 2.75) is 13.3 Å².